The summed E-state index contributed by atoms with van der Waals surface area (Å²) in [7, 11) is 0. The van der Waals surface area contributed by atoms with Crippen molar-refractivity contribution in [2.24, 2.45) is 11.7 Å². The fraction of sp³-hybridized carbons (Fsp3) is 0.588. The van der Waals surface area contributed by atoms with Crippen molar-refractivity contribution in [2.45, 2.75) is 58.8 Å². The number of esters is 1. The van der Waals surface area contributed by atoms with Gasteiger partial charge in [0.15, 0.2) is 0 Å². The number of hydrogen-bond donors (Lipinski definition) is 1. The Kier molecular flexibility index (Phi) is 7.79. The van der Waals surface area contributed by atoms with E-state index >= 15 is 0 Å². The lowest BCUT2D eigenvalue weighted by atomic mass is 9.93. The molecule has 0 aliphatic carbocycles. The normalized spacial score (nSPS) is 15.1. The summed E-state index contributed by atoms with van der Waals surface area (Å²) in [4.78, 5) is 11.7. The number of carbonyl (C=O) groups is 1. The zero-order chi connectivity index (χ0) is 17.6. The molecule has 0 heterocycles. The molecule has 0 unspecified atom stereocenters. The van der Waals surface area contributed by atoms with Crippen molar-refractivity contribution in [2.75, 3.05) is 0 Å². The molecule has 0 spiro atoms. The van der Waals surface area contributed by atoms with Crippen molar-refractivity contribution in [3.8, 4) is 5.75 Å². The number of nitrogens with two attached hydrogens (primary N) is 1. The first-order chi connectivity index (χ1) is 10.8. The molecular weight excluding hydrogens is 321 g/mol. The summed E-state index contributed by atoms with van der Waals surface area (Å²) >= 11 is 5.86. The number of ether oxygens (including phenoxy) is 2. The van der Waals surface area contributed by atoms with E-state index in [-0.39, 0.29) is 10.9 Å². The van der Waals surface area contributed by atoms with Crippen molar-refractivity contribution >= 4 is 17.6 Å². The van der Waals surface area contributed by atoms with E-state index in [1.165, 1.54) is 12.1 Å². The Morgan fingerprint density at radius 3 is 2.35 bits per heavy atom. The lowest BCUT2D eigenvalue weighted by Gasteiger charge is -2.31. The van der Waals surface area contributed by atoms with Crippen LogP contribution in [0.2, 0.25) is 5.02 Å². The highest BCUT2D eigenvalue weighted by Crippen LogP contribution is 2.27. The molecule has 0 saturated carbocycles. The summed E-state index contributed by atoms with van der Waals surface area (Å²) in [6.07, 6.45) is 0.750. The fourth-order valence-electron chi connectivity index (χ4n) is 2.44. The van der Waals surface area contributed by atoms with Crippen LogP contribution in [0.1, 0.15) is 40.5 Å². The topological polar surface area (TPSA) is 61.5 Å². The Bertz CT molecular complexity index is 500. The van der Waals surface area contributed by atoms with Crippen molar-refractivity contribution < 1.29 is 18.7 Å². The Labute approximate surface area is 142 Å². The lowest BCUT2D eigenvalue weighted by Crippen LogP contribution is -2.42. The van der Waals surface area contributed by atoms with Crippen LogP contribution in [0.5, 0.6) is 5.75 Å². The molecule has 2 N–H and O–H groups in total. The average Bonchev–Trinajstić information content (AvgIpc) is 2.46. The van der Waals surface area contributed by atoms with Gasteiger partial charge in [-0.15, -0.1) is 0 Å². The molecule has 0 radical (unpaired) electrons. The van der Waals surface area contributed by atoms with Gasteiger partial charge in [0, 0.05) is 11.1 Å². The molecule has 0 aliphatic heterocycles. The highest BCUT2D eigenvalue weighted by molar-refractivity contribution is 6.30. The number of benzene rings is 1. The van der Waals surface area contributed by atoms with Crippen LogP contribution in [-0.4, -0.2) is 24.2 Å². The van der Waals surface area contributed by atoms with E-state index < -0.39 is 30.0 Å². The zero-order valence-corrected chi connectivity index (χ0v) is 14.8. The van der Waals surface area contributed by atoms with E-state index in [4.69, 9.17) is 26.8 Å². The van der Waals surface area contributed by atoms with Crippen LogP contribution in [0.25, 0.3) is 0 Å². The van der Waals surface area contributed by atoms with E-state index in [0.717, 1.165) is 12.8 Å². The third-order valence-corrected chi connectivity index (χ3v) is 3.98. The predicted molar refractivity (Wildman–Crippen MR) is 89.1 cm³/mol. The van der Waals surface area contributed by atoms with E-state index in [1.807, 2.05) is 13.8 Å². The van der Waals surface area contributed by atoms with Gasteiger partial charge in [-0.1, -0.05) is 25.4 Å². The SMILES string of the molecule is CCC(CC)[C@H](Oc1cc(F)cc(Cl)c1)[C@H](C)OC(=O)[C@H](C)N. The van der Waals surface area contributed by atoms with Crippen LogP contribution >= 0.6 is 11.6 Å². The van der Waals surface area contributed by atoms with Gasteiger partial charge in [0.1, 0.15) is 29.8 Å². The Balaban J connectivity index is 2.97. The minimum absolute atomic E-state index is 0.146. The van der Waals surface area contributed by atoms with E-state index in [9.17, 15) is 9.18 Å². The van der Waals surface area contributed by atoms with E-state index in [0.29, 0.717) is 5.75 Å². The Hall–Kier alpha value is -1.33. The molecule has 0 bridgehead atoms. The molecule has 0 saturated heterocycles. The summed E-state index contributed by atoms with van der Waals surface area (Å²) < 4.78 is 24.8. The second-order valence-electron chi connectivity index (χ2n) is 5.69. The third-order valence-electron chi connectivity index (χ3n) is 3.76. The summed E-state index contributed by atoms with van der Waals surface area (Å²) in [5, 5.41) is 0.253. The molecule has 0 aliphatic rings. The molecule has 0 fully saturated rings. The van der Waals surface area contributed by atoms with Gasteiger partial charge in [-0.05, 0) is 44.7 Å². The molecule has 6 heteroatoms. The van der Waals surface area contributed by atoms with Crippen LogP contribution in [0.4, 0.5) is 4.39 Å². The van der Waals surface area contributed by atoms with Gasteiger partial charge < -0.3 is 15.2 Å². The van der Waals surface area contributed by atoms with Crippen LogP contribution in [0.15, 0.2) is 18.2 Å². The molecule has 4 nitrogen and oxygen atoms in total. The second kappa shape index (κ2) is 9.08. The first-order valence-corrected chi connectivity index (χ1v) is 8.25. The van der Waals surface area contributed by atoms with Crippen LogP contribution in [0, 0.1) is 11.7 Å². The van der Waals surface area contributed by atoms with Gasteiger partial charge in [0.05, 0.1) is 0 Å². The lowest BCUT2D eigenvalue weighted by molar-refractivity contribution is -0.155. The van der Waals surface area contributed by atoms with Crippen LogP contribution in [0.3, 0.4) is 0 Å². The quantitative estimate of drug-likeness (QED) is 0.725. The third kappa shape index (κ3) is 5.99. The highest BCUT2D eigenvalue weighted by atomic mass is 35.5. The summed E-state index contributed by atoms with van der Waals surface area (Å²) in [6, 6.07) is 3.31. The first kappa shape index (κ1) is 19.7. The molecule has 1 aromatic carbocycles. The summed E-state index contributed by atoms with van der Waals surface area (Å²) in [5.41, 5.74) is 5.54. The van der Waals surface area contributed by atoms with Gasteiger partial charge in [-0.25, -0.2) is 4.39 Å². The van der Waals surface area contributed by atoms with Crippen molar-refractivity contribution in [1.29, 1.82) is 0 Å². The minimum Gasteiger partial charge on any atom is -0.486 e. The first-order valence-electron chi connectivity index (χ1n) is 7.87. The van der Waals surface area contributed by atoms with Crippen LogP contribution < -0.4 is 10.5 Å². The van der Waals surface area contributed by atoms with Gasteiger partial charge in [-0.2, -0.15) is 0 Å². The van der Waals surface area contributed by atoms with Crippen molar-refractivity contribution in [1.82, 2.24) is 0 Å². The molecule has 1 aromatic rings. The molecular formula is C17H25ClFNO3. The van der Waals surface area contributed by atoms with Crippen molar-refractivity contribution in [3.63, 3.8) is 0 Å². The highest BCUT2D eigenvalue weighted by Gasteiger charge is 2.30. The van der Waals surface area contributed by atoms with E-state index in [1.54, 1.807) is 19.9 Å². The maximum absolute atomic E-state index is 13.5. The number of rotatable bonds is 8. The minimum atomic E-state index is -0.705. The standard InChI is InChI=1S/C17H25ClFNO3/c1-5-12(6-2)16(11(4)22-17(21)10(3)20)23-15-8-13(18)7-14(19)9-15/h7-12,16H,5-6,20H2,1-4H3/t10-,11-,16+/m0/s1. The van der Waals surface area contributed by atoms with Crippen molar-refractivity contribution in [3.05, 3.63) is 29.0 Å². The Morgan fingerprint density at radius 1 is 1.26 bits per heavy atom. The van der Waals surface area contributed by atoms with Gasteiger partial charge >= 0.3 is 5.97 Å². The molecule has 0 aromatic heterocycles. The maximum atomic E-state index is 13.5. The smallest absolute Gasteiger partial charge is 0.323 e. The fourth-order valence-corrected chi connectivity index (χ4v) is 2.65. The average molecular weight is 346 g/mol. The molecule has 1 rings (SSSR count). The zero-order valence-electron chi connectivity index (χ0n) is 14.0. The van der Waals surface area contributed by atoms with Gasteiger partial charge in [-0.3, -0.25) is 4.79 Å². The maximum Gasteiger partial charge on any atom is 0.323 e. The Morgan fingerprint density at radius 2 is 1.87 bits per heavy atom. The largest absolute Gasteiger partial charge is 0.486 e. The number of halogens is 2. The molecule has 23 heavy (non-hydrogen) atoms. The second-order valence-corrected chi connectivity index (χ2v) is 6.13. The predicted octanol–water partition coefficient (Wildman–Crippen LogP) is 3.94. The molecule has 130 valence electrons. The molecule has 3 atom stereocenters. The number of carbonyl (C=O) groups excluding carboxylic acids is 1. The monoisotopic (exact) mass is 345 g/mol. The van der Waals surface area contributed by atoms with Gasteiger partial charge in [0.2, 0.25) is 0 Å². The van der Waals surface area contributed by atoms with Crippen LogP contribution in [-0.2, 0) is 9.53 Å². The van der Waals surface area contributed by atoms with Gasteiger partial charge in [0.25, 0.3) is 0 Å². The van der Waals surface area contributed by atoms with E-state index in [2.05, 4.69) is 0 Å². The summed E-state index contributed by atoms with van der Waals surface area (Å²) in [5.74, 6) is -0.506. The molecule has 0 amide bonds. The number of hydrogen-bond acceptors (Lipinski definition) is 4. The summed E-state index contributed by atoms with van der Waals surface area (Å²) in [6.45, 7) is 7.38.